The van der Waals surface area contributed by atoms with Crippen molar-refractivity contribution in [3.05, 3.63) is 0 Å². The maximum absolute atomic E-state index is 12.6. The molecule has 6 nitrogen and oxygen atoms in total. The Kier molecular flexibility index (Phi) is 3.60. The van der Waals surface area contributed by atoms with Crippen molar-refractivity contribution in [3.8, 4) is 0 Å². The molecule has 2 aliphatic heterocycles. The van der Waals surface area contributed by atoms with Gasteiger partial charge in [-0.1, -0.05) is 12.8 Å². The molecule has 0 N–H and O–H groups in total. The zero-order chi connectivity index (χ0) is 15.3. The molecule has 1 spiro atoms. The normalized spacial score (nSPS) is 31.0. The molecule has 3 fully saturated rings. The Balaban J connectivity index is 1.67. The second-order valence-corrected chi connectivity index (χ2v) is 8.98. The average Bonchev–Trinajstić information content (AvgIpc) is 3.06. The lowest BCUT2D eigenvalue weighted by molar-refractivity contribution is -0.143. The Morgan fingerprint density at radius 2 is 1.95 bits per heavy atom. The number of nitrogens with zero attached hydrogens (tertiary/aromatic N) is 2. The number of imide groups is 1. The van der Waals surface area contributed by atoms with Crippen molar-refractivity contribution in [1.29, 1.82) is 0 Å². The fourth-order valence-corrected chi connectivity index (χ4v) is 5.71. The largest absolute Gasteiger partial charge is 0.285 e. The smallest absolute Gasteiger partial charge is 0.237 e. The van der Waals surface area contributed by atoms with Gasteiger partial charge in [0.1, 0.15) is 0 Å². The lowest BCUT2D eigenvalue weighted by Crippen LogP contribution is -2.45. The zero-order valence-electron chi connectivity index (χ0n) is 12.4. The Morgan fingerprint density at radius 3 is 2.52 bits per heavy atom. The molecule has 2 saturated heterocycles. The summed E-state index contributed by atoms with van der Waals surface area (Å²) in [4.78, 5) is 27.9. The minimum Gasteiger partial charge on any atom is -0.285 e. The summed E-state index contributed by atoms with van der Waals surface area (Å²) in [6.45, 7) is 0.222. The van der Waals surface area contributed by atoms with Crippen molar-refractivity contribution in [1.82, 2.24) is 9.80 Å². The van der Waals surface area contributed by atoms with Gasteiger partial charge in [-0.2, -0.15) is 0 Å². The van der Waals surface area contributed by atoms with Crippen molar-refractivity contribution in [2.45, 2.75) is 44.6 Å². The van der Waals surface area contributed by atoms with Crippen LogP contribution < -0.4 is 0 Å². The zero-order valence-corrected chi connectivity index (χ0v) is 13.2. The number of sulfone groups is 1. The summed E-state index contributed by atoms with van der Waals surface area (Å²) in [5, 5.41) is 0. The van der Waals surface area contributed by atoms with Gasteiger partial charge < -0.3 is 0 Å². The average molecular weight is 314 g/mol. The fourth-order valence-electron chi connectivity index (χ4n) is 3.91. The third-order valence-corrected chi connectivity index (χ3v) is 7.00. The Hall–Kier alpha value is -0.950. The van der Waals surface area contributed by atoms with Crippen LogP contribution in [-0.4, -0.2) is 61.3 Å². The maximum Gasteiger partial charge on any atom is 0.237 e. The molecule has 0 aromatic carbocycles. The molecule has 0 bridgehead atoms. The maximum atomic E-state index is 12.6. The molecule has 0 aromatic heterocycles. The monoisotopic (exact) mass is 314 g/mol. The predicted octanol–water partition coefficient (Wildman–Crippen LogP) is 0.382. The van der Waals surface area contributed by atoms with E-state index in [-0.39, 0.29) is 36.0 Å². The van der Waals surface area contributed by atoms with Crippen LogP contribution in [0.15, 0.2) is 0 Å². The molecule has 1 atom stereocenters. The molecule has 2 amide bonds. The van der Waals surface area contributed by atoms with E-state index in [1.54, 1.807) is 7.05 Å². The molecule has 0 aromatic rings. The van der Waals surface area contributed by atoms with E-state index in [9.17, 15) is 18.0 Å². The summed E-state index contributed by atoms with van der Waals surface area (Å²) < 4.78 is 23.1. The van der Waals surface area contributed by atoms with Crippen LogP contribution in [0.4, 0.5) is 0 Å². The molecular weight excluding hydrogens is 292 g/mol. The first kappa shape index (κ1) is 15.0. The van der Waals surface area contributed by atoms with Crippen LogP contribution in [0, 0.1) is 5.41 Å². The summed E-state index contributed by atoms with van der Waals surface area (Å²) in [6.07, 6.45) is 4.58. The number of carbonyl (C=O) groups is 2. The number of hydrogen-bond acceptors (Lipinski definition) is 5. The minimum atomic E-state index is -2.95. The van der Waals surface area contributed by atoms with Crippen LogP contribution in [-0.2, 0) is 19.4 Å². The van der Waals surface area contributed by atoms with E-state index < -0.39 is 15.3 Å². The SMILES string of the molecule is CN(CN1C(=O)CC2(CCCC2)C1=O)C1CCS(=O)(=O)C1. The topological polar surface area (TPSA) is 74.8 Å². The second-order valence-electron chi connectivity index (χ2n) is 6.75. The molecule has 1 unspecified atom stereocenters. The first-order valence-electron chi connectivity index (χ1n) is 7.58. The first-order chi connectivity index (χ1) is 9.83. The fraction of sp³-hybridized carbons (Fsp3) is 0.857. The second kappa shape index (κ2) is 5.05. The minimum absolute atomic E-state index is 0.0438. The van der Waals surface area contributed by atoms with E-state index in [0.29, 0.717) is 12.8 Å². The Bertz CT molecular complexity index is 566. The van der Waals surface area contributed by atoms with Crippen LogP contribution in [0.1, 0.15) is 38.5 Å². The van der Waals surface area contributed by atoms with E-state index >= 15 is 0 Å². The van der Waals surface area contributed by atoms with Gasteiger partial charge in [-0.15, -0.1) is 0 Å². The summed E-state index contributed by atoms with van der Waals surface area (Å²) in [5.41, 5.74) is -0.445. The molecular formula is C14H22N2O4S. The number of amides is 2. The Morgan fingerprint density at radius 1 is 1.29 bits per heavy atom. The molecule has 21 heavy (non-hydrogen) atoms. The first-order valence-corrected chi connectivity index (χ1v) is 9.41. The van der Waals surface area contributed by atoms with Crippen LogP contribution in [0.2, 0.25) is 0 Å². The summed E-state index contributed by atoms with van der Waals surface area (Å²) in [7, 11) is -1.16. The molecule has 0 radical (unpaired) electrons. The number of likely N-dealkylation sites (tertiary alicyclic amines) is 1. The van der Waals surface area contributed by atoms with Gasteiger partial charge in [0.25, 0.3) is 0 Å². The van der Waals surface area contributed by atoms with Crippen LogP contribution in [0.5, 0.6) is 0 Å². The van der Waals surface area contributed by atoms with E-state index in [1.165, 1.54) is 4.90 Å². The number of rotatable bonds is 3. The predicted molar refractivity (Wildman–Crippen MR) is 77.1 cm³/mol. The van der Waals surface area contributed by atoms with E-state index in [4.69, 9.17) is 0 Å². The van der Waals surface area contributed by atoms with Crippen molar-refractivity contribution in [3.63, 3.8) is 0 Å². The summed E-state index contributed by atoms with van der Waals surface area (Å²) in [5.74, 6) is 0.186. The van der Waals surface area contributed by atoms with E-state index in [2.05, 4.69) is 0 Å². The van der Waals surface area contributed by atoms with E-state index in [1.807, 2.05) is 4.90 Å². The van der Waals surface area contributed by atoms with Crippen molar-refractivity contribution < 1.29 is 18.0 Å². The van der Waals surface area contributed by atoms with Gasteiger partial charge in [0.05, 0.1) is 23.6 Å². The summed E-state index contributed by atoms with van der Waals surface area (Å²) >= 11 is 0. The third-order valence-electron chi connectivity index (χ3n) is 5.25. The van der Waals surface area contributed by atoms with Gasteiger partial charge >= 0.3 is 0 Å². The van der Waals surface area contributed by atoms with Gasteiger partial charge in [-0.05, 0) is 26.3 Å². The highest BCUT2D eigenvalue weighted by molar-refractivity contribution is 7.91. The van der Waals surface area contributed by atoms with Gasteiger partial charge in [0, 0.05) is 12.5 Å². The van der Waals surface area contributed by atoms with Crippen molar-refractivity contribution in [2.24, 2.45) is 5.41 Å². The van der Waals surface area contributed by atoms with Gasteiger partial charge in [0.2, 0.25) is 11.8 Å². The molecule has 7 heteroatoms. The highest BCUT2D eigenvalue weighted by Gasteiger charge is 2.52. The highest BCUT2D eigenvalue weighted by atomic mass is 32.2. The molecule has 1 aliphatic carbocycles. The quantitative estimate of drug-likeness (QED) is 0.704. The number of carbonyl (C=O) groups excluding carboxylic acids is 2. The summed E-state index contributed by atoms with van der Waals surface area (Å²) in [6, 6.07) is -0.0873. The van der Waals surface area contributed by atoms with Crippen molar-refractivity contribution in [2.75, 3.05) is 25.2 Å². The van der Waals surface area contributed by atoms with Gasteiger partial charge in [0.15, 0.2) is 9.84 Å². The molecule has 1 saturated carbocycles. The van der Waals surface area contributed by atoms with Crippen LogP contribution in [0.3, 0.4) is 0 Å². The van der Waals surface area contributed by atoms with Crippen LogP contribution >= 0.6 is 0 Å². The molecule has 2 heterocycles. The molecule has 118 valence electrons. The van der Waals surface area contributed by atoms with Crippen LogP contribution in [0.25, 0.3) is 0 Å². The standard InChI is InChI=1S/C14H22N2O4S/c1-15(11-4-7-21(19,20)9-11)10-16-12(17)8-14(13(16)18)5-2-3-6-14/h11H,2-10H2,1H3. The molecule has 3 rings (SSSR count). The third kappa shape index (κ3) is 2.61. The lowest BCUT2D eigenvalue weighted by Gasteiger charge is -2.28. The van der Waals surface area contributed by atoms with Gasteiger partial charge in [-0.25, -0.2) is 8.42 Å². The number of hydrogen-bond donors (Lipinski definition) is 0. The van der Waals surface area contributed by atoms with Crippen molar-refractivity contribution >= 4 is 21.7 Å². The lowest BCUT2D eigenvalue weighted by atomic mass is 9.85. The molecule has 3 aliphatic rings. The van der Waals surface area contributed by atoms with Gasteiger partial charge in [-0.3, -0.25) is 19.4 Å². The Labute approximate surface area is 125 Å². The van der Waals surface area contributed by atoms with E-state index in [0.717, 1.165) is 25.7 Å². The highest BCUT2D eigenvalue weighted by Crippen LogP contribution is 2.46.